The predicted molar refractivity (Wildman–Crippen MR) is 68.8 cm³/mol. The molecule has 0 saturated carbocycles. The molecule has 0 aromatic carbocycles. The molecule has 0 aromatic heterocycles. The summed E-state index contributed by atoms with van der Waals surface area (Å²) in [6.07, 6.45) is -1.19. The molecule has 2 atom stereocenters. The molecule has 4 N–H and O–H groups in total. The number of carboxylic acid groups (broad SMARTS) is 1. The lowest BCUT2D eigenvalue weighted by Crippen LogP contribution is -2.47. The number of nitrogens with two attached hydrogens (primary N) is 2. The summed E-state index contributed by atoms with van der Waals surface area (Å²) in [7, 11) is 5.51. The number of nitrogens with zero attached hydrogens (tertiary/aromatic N) is 1. The van der Waals surface area contributed by atoms with Crippen LogP contribution < -0.4 is 16.6 Å². The van der Waals surface area contributed by atoms with Gasteiger partial charge in [0.05, 0.1) is 21.1 Å². The van der Waals surface area contributed by atoms with Crippen molar-refractivity contribution in [2.45, 2.75) is 31.4 Å². The Bertz CT molecular complexity index is 365. The molecular formula is C12H23N3O5. The molecule has 0 saturated heterocycles. The van der Waals surface area contributed by atoms with Gasteiger partial charge in [-0.2, -0.15) is 0 Å². The van der Waals surface area contributed by atoms with Crippen LogP contribution in [0.4, 0.5) is 0 Å². The lowest BCUT2D eigenvalue weighted by atomic mass is 10.1. The van der Waals surface area contributed by atoms with Crippen LogP contribution in [0.1, 0.15) is 19.3 Å². The van der Waals surface area contributed by atoms with Crippen LogP contribution in [0, 0.1) is 0 Å². The minimum absolute atomic E-state index is 0.0310. The molecule has 0 aliphatic carbocycles. The first-order valence-corrected chi connectivity index (χ1v) is 6.26. The number of esters is 1. The molecule has 0 bridgehead atoms. The molecule has 0 rings (SSSR count). The minimum atomic E-state index is -1.30. The molecule has 0 fully saturated rings. The second kappa shape index (κ2) is 7.81. The number of carbonyl (C=O) groups is 3. The number of hydrogen-bond acceptors (Lipinski definition) is 6. The predicted octanol–water partition coefficient (Wildman–Crippen LogP) is -2.66. The number of likely N-dealkylation sites (N-methyl/N-ethyl adjacent to an activating group) is 1. The molecule has 1 unspecified atom stereocenters. The molecule has 0 radical (unpaired) electrons. The van der Waals surface area contributed by atoms with Gasteiger partial charge in [0.2, 0.25) is 5.91 Å². The molecule has 1 amide bonds. The van der Waals surface area contributed by atoms with Gasteiger partial charge in [0, 0.05) is 18.8 Å². The van der Waals surface area contributed by atoms with E-state index in [0.29, 0.717) is 11.0 Å². The highest BCUT2D eigenvalue weighted by molar-refractivity contribution is 5.78. The highest BCUT2D eigenvalue weighted by Crippen LogP contribution is 2.07. The lowest BCUT2D eigenvalue weighted by Gasteiger charge is -2.29. The van der Waals surface area contributed by atoms with Crippen LogP contribution in [0.25, 0.3) is 0 Å². The first-order chi connectivity index (χ1) is 9.01. The summed E-state index contributed by atoms with van der Waals surface area (Å²) in [5.41, 5.74) is 10.5. The number of ether oxygens (including phenoxy) is 1. The Morgan fingerprint density at radius 3 is 2.20 bits per heavy atom. The van der Waals surface area contributed by atoms with Crippen molar-refractivity contribution in [2.24, 2.45) is 11.5 Å². The smallest absolute Gasteiger partial charge is 0.323 e. The molecule has 0 spiro atoms. The lowest BCUT2D eigenvalue weighted by molar-refractivity contribution is -0.873. The maximum atomic E-state index is 11.7. The van der Waals surface area contributed by atoms with E-state index in [1.807, 2.05) is 21.1 Å². The van der Waals surface area contributed by atoms with E-state index in [-0.39, 0.29) is 12.8 Å². The standard InChI is InChI=1S/C12H23N3O5/c1-15(2,3)7-8(6-11(17)18)20-12(19)9(13)4-5-10(14)16/h8-9H,4-7,13H2,1-3H3,(H2-,14,16,17,18)/t8?,9-/m0/s1. The van der Waals surface area contributed by atoms with Gasteiger partial charge in [-0.3, -0.25) is 9.59 Å². The van der Waals surface area contributed by atoms with E-state index in [1.165, 1.54) is 0 Å². The van der Waals surface area contributed by atoms with Crippen molar-refractivity contribution in [3.05, 3.63) is 0 Å². The van der Waals surface area contributed by atoms with Crippen molar-refractivity contribution in [3.63, 3.8) is 0 Å². The number of primary amides is 1. The summed E-state index contributed by atoms with van der Waals surface area (Å²) < 4.78 is 5.50. The Hall–Kier alpha value is -1.67. The average Bonchev–Trinajstić information content (AvgIpc) is 2.21. The Morgan fingerprint density at radius 2 is 1.80 bits per heavy atom. The Labute approximate surface area is 118 Å². The van der Waals surface area contributed by atoms with Gasteiger partial charge in [-0.05, 0) is 6.42 Å². The van der Waals surface area contributed by atoms with E-state index in [9.17, 15) is 19.5 Å². The molecule has 8 nitrogen and oxygen atoms in total. The Balaban J connectivity index is 4.51. The first kappa shape index (κ1) is 18.3. The summed E-state index contributed by atoms with van der Waals surface area (Å²) in [5.74, 6) is -2.61. The monoisotopic (exact) mass is 289 g/mol. The number of rotatable bonds is 9. The fourth-order valence-electron chi connectivity index (χ4n) is 1.61. The zero-order valence-electron chi connectivity index (χ0n) is 12.1. The molecule has 0 aromatic rings. The summed E-state index contributed by atoms with van der Waals surface area (Å²) in [4.78, 5) is 33.0. The van der Waals surface area contributed by atoms with Gasteiger partial charge in [-0.25, -0.2) is 0 Å². The zero-order valence-corrected chi connectivity index (χ0v) is 12.1. The van der Waals surface area contributed by atoms with Crippen molar-refractivity contribution in [3.8, 4) is 0 Å². The maximum Gasteiger partial charge on any atom is 0.323 e. The van der Waals surface area contributed by atoms with Crippen molar-refractivity contribution in [2.75, 3.05) is 27.7 Å². The number of hydrogen-bond donors (Lipinski definition) is 2. The summed E-state index contributed by atoms with van der Waals surface area (Å²) in [5, 5.41) is 10.7. The van der Waals surface area contributed by atoms with Crippen LogP contribution >= 0.6 is 0 Å². The molecule has 8 heteroatoms. The molecule has 116 valence electrons. The second-order valence-electron chi connectivity index (χ2n) is 5.72. The van der Waals surface area contributed by atoms with E-state index in [2.05, 4.69) is 0 Å². The molecule has 0 aliphatic rings. The Morgan fingerprint density at radius 1 is 1.25 bits per heavy atom. The fourth-order valence-corrected chi connectivity index (χ4v) is 1.61. The summed E-state index contributed by atoms with van der Waals surface area (Å²) in [6, 6.07) is -1.00. The van der Waals surface area contributed by atoms with Crippen LogP contribution in [-0.2, 0) is 19.1 Å². The van der Waals surface area contributed by atoms with Gasteiger partial charge < -0.3 is 30.6 Å². The van der Waals surface area contributed by atoms with Gasteiger partial charge in [0.15, 0.2) is 6.10 Å². The van der Waals surface area contributed by atoms with E-state index < -0.39 is 36.4 Å². The first-order valence-electron chi connectivity index (χ1n) is 6.26. The fraction of sp³-hybridized carbons (Fsp3) is 0.750. The van der Waals surface area contributed by atoms with Crippen LogP contribution in [-0.4, -0.2) is 62.2 Å². The van der Waals surface area contributed by atoms with Crippen LogP contribution in [0.3, 0.4) is 0 Å². The molecule has 0 aliphatic heterocycles. The quantitative estimate of drug-likeness (QED) is 0.351. The number of aliphatic carboxylic acids is 1. The minimum Gasteiger partial charge on any atom is -0.550 e. The van der Waals surface area contributed by atoms with Gasteiger partial charge in [-0.1, -0.05) is 0 Å². The molecule has 20 heavy (non-hydrogen) atoms. The zero-order chi connectivity index (χ0) is 15.9. The molecule has 0 heterocycles. The second-order valence-corrected chi connectivity index (χ2v) is 5.72. The Kier molecular flexibility index (Phi) is 7.16. The third-order valence-electron chi connectivity index (χ3n) is 2.43. The highest BCUT2D eigenvalue weighted by Gasteiger charge is 2.25. The van der Waals surface area contributed by atoms with Crippen LogP contribution in [0.5, 0.6) is 0 Å². The van der Waals surface area contributed by atoms with E-state index in [4.69, 9.17) is 16.2 Å². The number of carboxylic acids is 1. The van der Waals surface area contributed by atoms with Gasteiger partial charge >= 0.3 is 5.97 Å². The van der Waals surface area contributed by atoms with E-state index in [1.54, 1.807) is 0 Å². The van der Waals surface area contributed by atoms with Crippen molar-refractivity contribution in [1.29, 1.82) is 0 Å². The largest absolute Gasteiger partial charge is 0.550 e. The van der Waals surface area contributed by atoms with Crippen LogP contribution in [0.15, 0.2) is 0 Å². The number of carbonyl (C=O) groups excluding carboxylic acids is 3. The summed E-state index contributed by atoms with van der Waals surface area (Å²) >= 11 is 0. The van der Waals surface area contributed by atoms with E-state index in [0.717, 1.165) is 0 Å². The van der Waals surface area contributed by atoms with Crippen molar-refractivity contribution in [1.82, 2.24) is 0 Å². The topological polar surface area (TPSA) is 136 Å². The number of amides is 1. The third kappa shape index (κ3) is 9.29. The van der Waals surface area contributed by atoms with Gasteiger partial charge in [-0.15, -0.1) is 0 Å². The third-order valence-corrected chi connectivity index (χ3v) is 2.43. The average molecular weight is 289 g/mol. The van der Waals surface area contributed by atoms with Gasteiger partial charge in [0.1, 0.15) is 12.6 Å². The van der Waals surface area contributed by atoms with E-state index >= 15 is 0 Å². The van der Waals surface area contributed by atoms with Crippen molar-refractivity contribution >= 4 is 17.8 Å². The van der Waals surface area contributed by atoms with Crippen LogP contribution in [0.2, 0.25) is 0 Å². The highest BCUT2D eigenvalue weighted by atomic mass is 16.5. The summed E-state index contributed by atoms with van der Waals surface area (Å²) in [6.45, 7) is 0.308. The van der Waals surface area contributed by atoms with Gasteiger partial charge in [0.25, 0.3) is 0 Å². The SMILES string of the molecule is C[N+](C)(C)CC(CC(=O)[O-])OC(=O)[C@@H](N)CCC(N)=O. The normalized spacial score (nSPS) is 14.4. The molecular weight excluding hydrogens is 266 g/mol. The maximum absolute atomic E-state index is 11.7. The number of quaternary nitrogens is 1. The van der Waals surface area contributed by atoms with Crippen molar-refractivity contribution < 1.29 is 28.7 Å².